The predicted octanol–water partition coefficient (Wildman–Crippen LogP) is 3.12. The average molecular weight is 223 g/mol. The van der Waals surface area contributed by atoms with E-state index in [0.29, 0.717) is 23.3 Å². The third-order valence-electron chi connectivity index (χ3n) is 4.73. The van der Waals surface area contributed by atoms with Crippen molar-refractivity contribution in [1.82, 2.24) is 5.32 Å². The summed E-state index contributed by atoms with van der Waals surface area (Å²) in [5.41, 5.74) is 0.316. The van der Waals surface area contributed by atoms with Crippen LogP contribution >= 0.6 is 0 Å². The van der Waals surface area contributed by atoms with Crippen molar-refractivity contribution < 1.29 is 4.79 Å². The molecule has 1 saturated heterocycles. The Morgan fingerprint density at radius 1 is 1.50 bits per heavy atom. The fraction of sp³-hybridized carbons (Fsp3) is 0.929. The number of nitrogens with one attached hydrogen (secondary N) is 1. The highest BCUT2D eigenvalue weighted by atomic mass is 16.2. The van der Waals surface area contributed by atoms with E-state index in [1.807, 2.05) is 0 Å². The highest BCUT2D eigenvalue weighted by molar-refractivity contribution is 5.80. The van der Waals surface area contributed by atoms with E-state index in [2.05, 4.69) is 26.1 Å². The van der Waals surface area contributed by atoms with Gasteiger partial charge in [0.25, 0.3) is 0 Å². The Hall–Kier alpha value is -0.530. The molecule has 1 saturated carbocycles. The van der Waals surface area contributed by atoms with Crippen molar-refractivity contribution >= 4 is 5.91 Å². The Kier molecular flexibility index (Phi) is 3.27. The molecule has 3 atom stereocenters. The minimum absolute atomic E-state index is 0.297. The highest BCUT2D eigenvalue weighted by Gasteiger charge is 2.52. The van der Waals surface area contributed by atoms with Gasteiger partial charge in [0.05, 0.1) is 0 Å². The smallest absolute Gasteiger partial charge is 0.220 e. The Morgan fingerprint density at radius 2 is 2.25 bits per heavy atom. The van der Waals surface area contributed by atoms with E-state index >= 15 is 0 Å². The molecule has 2 nitrogen and oxygen atoms in total. The topological polar surface area (TPSA) is 29.1 Å². The number of carbonyl (C=O) groups excluding carboxylic acids is 1. The summed E-state index contributed by atoms with van der Waals surface area (Å²) in [4.78, 5) is 11.7. The van der Waals surface area contributed by atoms with Crippen LogP contribution < -0.4 is 5.32 Å². The van der Waals surface area contributed by atoms with E-state index in [0.717, 1.165) is 18.8 Å². The number of amides is 1. The molecule has 1 spiro atoms. The lowest BCUT2D eigenvalue weighted by atomic mass is 9.69. The minimum atomic E-state index is 0.297. The summed E-state index contributed by atoms with van der Waals surface area (Å²) in [6.07, 6.45) is 7.11. The molecule has 1 aliphatic carbocycles. The van der Waals surface area contributed by atoms with Crippen molar-refractivity contribution in [2.75, 3.05) is 0 Å². The minimum Gasteiger partial charge on any atom is -0.353 e. The molecule has 2 heteroatoms. The van der Waals surface area contributed by atoms with E-state index < -0.39 is 0 Å². The highest BCUT2D eigenvalue weighted by Crippen LogP contribution is 2.53. The van der Waals surface area contributed by atoms with Crippen molar-refractivity contribution in [3.8, 4) is 0 Å². The van der Waals surface area contributed by atoms with Crippen LogP contribution in [0.4, 0.5) is 0 Å². The van der Waals surface area contributed by atoms with Crippen LogP contribution in [0.2, 0.25) is 0 Å². The molecule has 1 N–H and O–H groups in total. The maximum absolute atomic E-state index is 11.7. The van der Waals surface area contributed by atoms with Gasteiger partial charge >= 0.3 is 0 Å². The lowest BCUT2D eigenvalue weighted by molar-refractivity contribution is -0.119. The van der Waals surface area contributed by atoms with Crippen LogP contribution in [-0.4, -0.2) is 11.9 Å². The molecule has 2 rings (SSSR count). The second-order valence-electron chi connectivity index (χ2n) is 6.16. The zero-order valence-electron chi connectivity index (χ0n) is 10.9. The summed E-state index contributed by atoms with van der Waals surface area (Å²) < 4.78 is 0. The van der Waals surface area contributed by atoms with Gasteiger partial charge in [0.2, 0.25) is 5.91 Å². The van der Waals surface area contributed by atoms with Gasteiger partial charge < -0.3 is 5.32 Å². The second kappa shape index (κ2) is 4.38. The van der Waals surface area contributed by atoms with Gasteiger partial charge in [-0.15, -0.1) is 0 Å². The third kappa shape index (κ3) is 1.87. The summed E-state index contributed by atoms with van der Waals surface area (Å²) in [7, 11) is 0. The quantitative estimate of drug-likeness (QED) is 0.782. The van der Waals surface area contributed by atoms with Crippen molar-refractivity contribution in [2.24, 2.45) is 17.3 Å². The lowest BCUT2D eigenvalue weighted by Gasteiger charge is -2.36. The summed E-state index contributed by atoms with van der Waals surface area (Å²) in [5.74, 6) is 1.75. The molecule has 2 aliphatic rings. The maximum Gasteiger partial charge on any atom is 0.220 e. The monoisotopic (exact) mass is 223 g/mol. The molecule has 0 aromatic rings. The standard InChI is InChI=1S/C14H25NO/c1-4-11-6-5-7-14(11)9-13(16)15-12(14)8-10(2)3/h10-12H,4-9H2,1-3H3,(H,15,16). The average Bonchev–Trinajstić information content (AvgIpc) is 2.72. The van der Waals surface area contributed by atoms with Crippen LogP contribution in [-0.2, 0) is 4.79 Å². The number of hydrogen-bond acceptors (Lipinski definition) is 1. The van der Waals surface area contributed by atoms with Crippen LogP contribution in [0.5, 0.6) is 0 Å². The first-order valence-electron chi connectivity index (χ1n) is 6.88. The van der Waals surface area contributed by atoms with Crippen LogP contribution in [0.3, 0.4) is 0 Å². The van der Waals surface area contributed by atoms with Gasteiger partial charge in [-0.2, -0.15) is 0 Å². The first-order chi connectivity index (χ1) is 7.58. The fourth-order valence-electron chi connectivity index (χ4n) is 4.05. The van der Waals surface area contributed by atoms with E-state index in [4.69, 9.17) is 0 Å². The molecule has 2 fully saturated rings. The van der Waals surface area contributed by atoms with E-state index in [9.17, 15) is 4.79 Å². The van der Waals surface area contributed by atoms with Crippen LogP contribution in [0.25, 0.3) is 0 Å². The first kappa shape index (κ1) is 11.9. The Labute approximate surface area is 99.2 Å². The Morgan fingerprint density at radius 3 is 2.88 bits per heavy atom. The molecule has 3 unspecified atom stereocenters. The molecule has 0 bridgehead atoms. The van der Waals surface area contributed by atoms with Crippen molar-refractivity contribution in [2.45, 2.75) is 65.3 Å². The normalized spacial score (nSPS) is 38.6. The Bertz CT molecular complexity index is 274. The van der Waals surface area contributed by atoms with Gasteiger partial charge in [0.15, 0.2) is 0 Å². The predicted molar refractivity (Wildman–Crippen MR) is 66.1 cm³/mol. The molecular formula is C14H25NO. The van der Waals surface area contributed by atoms with Crippen molar-refractivity contribution in [3.63, 3.8) is 0 Å². The Balaban J connectivity index is 2.19. The van der Waals surface area contributed by atoms with Crippen molar-refractivity contribution in [3.05, 3.63) is 0 Å². The van der Waals surface area contributed by atoms with Gasteiger partial charge in [-0.3, -0.25) is 4.79 Å². The zero-order valence-corrected chi connectivity index (χ0v) is 10.9. The fourth-order valence-corrected chi connectivity index (χ4v) is 4.05. The van der Waals surface area contributed by atoms with Gasteiger partial charge in [-0.05, 0) is 31.1 Å². The van der Waals surface area contributed by atoms with Crippen molar-refractivity contribution in [1.29, 1.82) is 0 Å². The van der Waals surface area contributed by atoms with Crippen LogP contribution in [0, 0.1) is 17.3 Å². The molecule has 0 radical (unpaired) electrons. The van der Waals surface area contributed by atoms with Gasteiger partial charge in [-0.25, -0.2) is 0 Å². The van der Waals surface area contributed by atoms with E-state index in [-0.39, 0.29) is 0 Å². The van der Waals surface area contributed by atoms with Gasteiger partial charge in [-0.1, -0.05) is 33.6 Å². The molecule has 1 heterocycles. The SMILES string of the molecule is CCC1CCCC12CC(=O)NC2CC(C)C. The van der Waals surface area contributed by atoms with Crippen LogP contribution in [0.1, 0.15) is 59.3 Å². The first-order valence-corrected chi connectivity index (χ1v) is 6.88. The number of hydrogen-bond donors (Lipinski definition) is 1. The van der Waals surface area contributed by atoms with Gasteiger partial charge in [0, 0.05) is 17.9 Å². The maximum atomic E-state index is 11.7. The molecule has 92 valence electrons. The largest absolute Gasteiger partial charge is 0.353 e. The molecule has 1 amide bonds. The molecule has 1 aliphatic heterocycles. The van der Waals surface area contributed by atoms with E-state index in [1.165, 1.54) is 25.7 Å². The summed E-state index contributed by atoms with van der Waals surface area (Å²) in [5, 5.41) is 3.24. The summed E-state index contributed by atoms with van der Waals surface area (Å²) in [6.45, 7) is 6.80. The number of rotatable bonds is 3. The molecule has 0 aromatic heterocycles. The summed E-state index contributed by atoms with van der Waals surface area (Å²) >= 11 is 0. The van der Waals surface area contributed by atoms with Gasteiger partial charge in [0.1, 0.15) is 0 Å². The molecule has 0 aromatic carbocycles. The second-order valence-corrected chi connectivity index (χ2v) is 6.16. The molecular weight excluding hydrogens is 198 g/mol. The zero-order chi connectivity index (χ0) is 11.8. The molecule has 16 heavy (non-hydrogen) atoms. The summed E-state index contributed by atoms with van der Waals surface area (Å²) in [6, 6.07) is 0.451. The third-order valence-corrected chi connectivity index (χ3v) is 4.73. The number of carbonyl (C=O) groups is 1. The van der Waals surface area contributed by atoms with Crippen LogP contribution in [0.15, 0.2) is 0 Å². The van der Waals surface area contributed by atoms with E-state index in [1.54, 1.807) is 0 Å². The lowest BCUT2D eigenvalue weighted by Crippen LogP contribution is -2.40.